The molecule has 0 unspecified atom stereocenters. The Kier molecular flexibility index (Phi) is 4.15. The van der Waals surface area contributed by atoms with Crippen LogP contribution < -0.4 is 0 Å². The Hall–Kier alpha value is -2.43. The van der Waals surface area contributed by atoms with Crippen LogP contribution in [0.25, 0.3) is 17.2 Å². The molecule has 0 N–H and O–H groups in total. The summed E-state index contributed by atoms with van der Waals surface area (Å²) in [6.07, 6.45) is 6.23. The van der Waals surface area contributed by atoms with Crippen molar-refractivity contribution < 1.29 is 4.52 Å². The molecule has 0 aliphatic heterocycles. The van der Waals surface area contributed by atoms with E-state index in [4.69, 9.17) is 14.6 Å². The number of fused-ring (bicyclic) bond motifs is 1. The third kappa shape index (κ3) is 2.88. The van der Waals surface area contributed by atoms with Crippen LogP contribution in [0.2, 0.25) is 0 Å². The molecule has 0 saturated heterocycles. The molecule has 130 valence electrons. The van der Waals surface area contributed by atoms with Crippen molar-refractivity contribution >= 4 is 0 Å². The van der Waals surface area contributed by atoms with Gasteiger partial charge in [0.25, 0.3) is 0 Å². The Morgan fingerprint density at radius 1 is 1.16 bits per heavy atom. The van der Waals surface area contributed by atoms with E-state index < -0.39 is 0 Å². The van der Waals surface area contributed by atoms with Crippen molar-refractivity contribution in [2.75, 3.05) is 0 Å². The molecule has 0 saturated carbocycles. The number of benzene rings is 1. The quantitative estimate of drug-likeness (QED) is 0.710. The Bertz CT molecular complexity index is 907. The van der Waals surface area contributed by atoms with Gasteiger partial charge in [0.05, 0.1) is 5.69 Å². The third-order valence-electron chi connectivity index (χ3n) is 4.87. The van der Waals surface area contributed by atoms with E-state index in [0.717, 1.165) is 54.5 Å². The smallest absolute Gasteiger partial charge is 0.185 e. The summed E-state index contributed by atoms with van der Waals surface area (Å²) < 4.78 is 7.57. The molecule has 5 heteroatoms. The van der Waals surface area contributed by atoms with Gasteiger partial charge in [-0.25, -0.2) is 9.67 Å². The standard InChI is InChI=1S/C20H24N4O/c1-4-7-18-21-20(19-15-8-5-6-9-17(15)25-23-19)24(22-18)16-11-10-13(2)12-14(16)3/h10-12H,4-9H2,1-3H3. The summed E-state index contributed by atoms with van der Waals surface area (Å²) in [6.45, 7) is 6.37. The van der Waals surface area contributed by atoms with E-state index in [2.05, 4.69) is 44.1 Å². The Balaban J connectivity index is 1.88. The molecule has 0 fully saturated rings. The zero-order chi connectivity index (χ0) is 17.4. The average Bonchev–Trinajstić information content (AvgIpc) is 3.19. The molecule has 25 heavy (non-hydrogen) atoms. The van der Waals surface area contributed by atoms with Crippen LogP contribution in [0.1, 0.15) is 54.5 Å². The minimum absolute atomic E-state index is 0.808. The van der Waals surface area contributed by atoms with Crippen molar-refractivity contribution in [1.82, 2.24) is 19.9 Å². The fraction of sp³-hybridized carbons (Fsp3) is 0.450. The minimum atomic E-state index is 0.808. The number of hydrogen-bond acceptors (Lipinski definition) is 4. The SMILES string of the molecule is CCCc1nc(-c2noc3c2CCCC3)n(-c2ccc(C)cc2C)n1. The van der Waals surface area contributed by atoms with Gasteiger partial charge in [-0.05, 0) is 51.2 Å². The Morgan fingerprint density at radius 2 is 2.00 bits per heavy atom. The van der Waals surface area contributed by atoms with Crippen molar-refractivity contribution in [2.24, 2.45) is 0 Å². The van der Waals surface area contributed by atoms with Gasteiger partial charge in [-0.2, -0.15) is 5.10 Å². The summed E-state index contributed by atoms with van der Waals surface area (Å²) >= 11 is 0. The monoisotopic (exact) mass is 336 g/mol. The molecule has 2 heterocycles. The first-order valence-corrected chi connectivity index (χ1v) is 9.18. The molecule has 0 radical (unpaired) electrons. The van der Waals surface area contributed by atoms with Crippen molar-refractivity contribution in [1.29, 1.82) is 0 Å². The molecule has 5 nitrogen and oxygen atoms in total. The number of rotatable bonds is 4. The number of aryl methyl sites for hydroxylation is 4. The molecule has 1 aliphatic carbocycles. The van der Waals surface area contributed by atoms with Gasteiger partial charge in [-0.3, -0.25) is 0 Å². The zero-order valence-electron chi connectivity index (χ0n) is 15.2. The Morgan fingerprint density at radius 3 is 2.80 bits per heavy atom. The van der Waals surface area contributed by atoms with Crippen molar-refractivity contribution in [2.45, 2.75) is 59.3 Å². The summed E-state index contributed by atoms with van der Waals surface area (Å²) in [7, 11) is 0. The highest BCUT2D eigenvalue weighted by atomic mass is 16.5. The highest BCUT2D eigenvalue weighted by Crippen LogP contribution is 2.32. The van der Waals surface area contributed by atoms with Crippen LogP contribution >= 0.6 is 0 Å². The fourth-order valence-electron chi connectivity index (χ4n) is 3.61. The van der Waals surface area contributed by atoms with Crippen LogP contribution in [0, 0.1) is 13.8 Å². The fourth-order valence-corrected chi connectivity index (χ4v) is 3.61. The highest BCUT2D eigenvalue weighted by molar-refractivity contribution is 5.60. The van der Waals surface area contributed by atoms with Crippen molar-refractivity contribution in [3.8, 4) is 17.2 Å². The molecular weight excluding hydrogens is 312 g/mol. The number of hydrogen-bond donors (Lipinski definition) is 0. The molecule has 4 rings (SSSR count). The molecule has 0 atom stereocenters. The zero-order valence-corrected chi connectivity index (χ0v) is 15.2. The normalized spacial score (nSPS) is 13.9. The van der Waals surface area contributed by atoms with Gasteiger partial charge in [0, 0.05) is 18.4 Å². The lowest BCUT2D eigenvalue weighted by Gasteiger charge is -2.11. The second-order valence-electron chi connectivity index (χ2n) is 6.94. The molecule has 0 spiro atoms. The van der Waals surface area contributed by atoms with Crippen LogP contribution in [-0.4, -0.2) is 19.9 Å². The van der Waals surface area contributed by atoms with E-state index in [1.807, 2.05) is 4.68 Å². The maximum absolute atomic E-state index is 5.62. The van der Waals surface area contributed by atoms with E-state index in [1.165, 1.54) is 29.5 Å². The van der Waals surface area contributed by atoms with Gasteiger partial charge < -0.3 is 4.52 Å². The average molecular weight is 336 g/mol. The van der Waals surface area contributed by atoms with Crippen LogP contribution in [0.3, 0.4) is 0 Å². The molecule has 0 amide bonds. The number of nitrogens with zero attached hydrogens (tertiary/aromatic N) is 4. The van der Waals surface area contributed by atoms with Gasteiger partial charge in [0.15, 0.2) is 17.3 Å². The lowest BCUT2D eigenvalue weighted by molar-refractivity contribution is 0.373. The van der Waals surface area contributed by atoms with Gasteiger partial charge in [0.2, 0.25) is 0 Å². The summed E-state index contributed by atoms with van der Waals surface area (Å²) in [5, 5.41) is 9.17. The highest BCUT2D eigenvalue weighted by Gasteiger charge is 2.25. The van der Waals surface area contributed by atoms with Crippen LogP contribution in [0.15, 0.2) is 22.7 Å². The first kappa shape index (κ1) is 16.1. The minimum Gasteiger partial charge on any atom is -0.360 e. The van der Waals surface area contributed by atoms with Gasteiger partial charge >= 0.3 is 0 Å². The van der Waals surface area contributed by atoms with Crippen LogP contribution in [0.4, 0.5) is 0 Å². The van der Waals surface area contributed by atoms with Gasteiger partial charge in [0.1, 0.15) is 5.76 Å². The van der Waals surface area contributed by atoms with E-state index in [1.54, 1.807) is 0 Å². The molecular formula is C20H24N4O. The third-order valence-corrected chi connectivity index (χ3v) is 4.87. The van der Waals surface area contributed by atoms with Gasteiger partial charge in [-0.1, -0.05) is 29.8 Å². The molecule has 1 aromatic carbocycles. The maximum atomic E-state index is 5.62. The van der Waals surface area contributed by atoms with E-state index in [0.29, 0.717) is 0 Å². The second kappa shape index (κ2) is 6.47. The second-order valence-corrected chi connectivity index (χ2v) is 6.94. The molecule has 3 aromatic rings. The summed E-state index contributed by atoms with van der Waals surface area (Å²) in [6, 6.07) is 6.41. The van der Waals surface area contributed by atoms with Crippen molar-refractivity contribution in [3.63, 3.8) is 0 Å². The summed E-state index contributed by atoms with van der Waals surface area (Å²) in [5.74, 6) is 2.70. The largest absolute Gasteiger partial charge is 0.360 e. The Labute approximate surface area is 148 Å². The van der Waals surface area contributed by atoms with E-state index in [9.17, 15) is 0 Å². The lowest BCUT2D eigenvalue weighted by Crippen LogP contribution is -2.05. The molecule has 0 bridgehead atoms. The first-order chi connectivity index (χ1) is 12.2. The summed E-state index contributed by atoms with van der Waals surface area (Å²) in [4.78, 5) is 4.82. The van der Waals surface area contributed by atoms with Crippen LogP contribution in [-0.2, 0) is 19.3 Å². The lowest BCUT2D eigenvalue weighted by atomic mass is 9.96. The summed E-state index contributed by atoms with van der Waals surface area (Å²) in [5.41, 5.74) is 5.57. The van der Waals surface area contributed by atoms with Crippen molar-refractivity contribution in [3.05, 3.63) is 46.5 Å². The number of aromatic nitrogens is 4. The van der Waals surface area contributed by atoms with Gasteiger partial charge in [-0.15, -0.1) is 0 Å². The predicted molar refractivity (Wildman–Crippen MR) is 97.0 cm³/mol. The first-order valence-electron chi connectivity index (χ1n) is 9.18. The van der Waals surface area contributed by atoms with Crippen LogP contribution in [0.5, 0.6) is 0 Å². The molecule has 2 aromatic heterocycles. The topological polar surface area (TPSA) is 56.7 Å². The predicted octanol–water partition coefficient (Wildman–Crippen LogP) is 4.37. The maximum Gasteiger partial charge on any atom is 0.185 e. The van der Waals surface area contributed by atoms with E-state index >= 15 is 0 Å². The molecule has 1 aliphatic rings. The van der Waals surface area contributed by atoms with E-state index in [-0.39, 0.29) is 0 Å².